The number of rotatable bonds is 5. The van der Waals surface area contributed by atoms with Crippen molar-refractivity contribution in [1.29, 1.82) is 0 Å². The van der Waals surface area contributed by atoms with Gasteiger partial charge in [-0.25, -0.2) is 4.98 Å². The molecule has 0 aliphatic carbocycles. The first kappa shape index (κ1) is 16.7. The Bertz CT molecular complexity index is 894. The van der Waals surface area contributed by atoms with Gasteiger partial charge in [0.05, 0.1) is 26.0 Å². The molecule has 1 N–H and O–H groups in total. The summed E-state index contributed by atoms with van der Waals surface area (Å²) in [7, 11) is 1.68. The van der Waals surface area contributed by atoms with E-state index < -0.39 is 0 Å². The van der Waals surface area contributed by atoms with E-state index in [1.807, 2.05) is 47.8 Å². The van der Waals surface area contributed by atoms with Crippen LogP contribution < -0.4 is 19.5 Å². The van der Waals surface area contributed by atoms with E-state index in [2.05, 4.69) is 5.32 Å². The minimum atomic E-state index is 0.665. The van der Waals surface area contributed by atoms with Gasteiger partial charge in [-0.3, -0.25) is 0 Å². The van der Waals surface area contributed by atoms with Gasteiger partial charge in [0.2, 0.25) is 0 Å². The van der Waals surface area contributed by atoms with E-state index in [0.29, 0.717) is 19.8 Å². The third-order valence-corrected chi connectivity index (χ3v) is 4.97. The summed E-state index contributed by atoms with van der Waals surface area (Å²) in [6, 6.07) is 14.0. The number of para-hydroxylation sites is 1. The second-order valence-corrected chi connectivity index (χ2v) is 6.77. The number of methoxy groups -OCH3 is 1. The molecule has 134 valence electrons. The topological polar surface area (TPSA) is 52.6 Å². The van der Waals surface area contributed by atoms with Gasteiger partial charge in [-0.2, -0.15) is 0 Å². The minimum absolute atomic E-state index is 0.665. The van der Waals surface area contributed by atoms with Gasteiger partial charge in [0.1, 0.15) is 5.75 Å². The summed E-state index contributed by atoms with van der Waals surface area (Å²) in [4.78, 5) is 4.69. The van der Waals surface area contributed by atoms with E-state index in [4.69, 9.17) is 19.2 Å². The quantitative estimate of drug-likeness (QED) is 0.714. The van der Waals surface area contributed by atoms with Crippen molar-refractivity contribution in [3.05, 3.63) is 53.4 Å². The fourth-order valence-corrected chi connectivity index (χ4v) is 3.55. The molecule has 6 heteroatoms. The van der Waals surface area contributed by atoms with Crippen LogP contribution in [0.4, 0.5) is 5.13 Å². The molecular weight excluding hydrogens is 348 g/mol. The number of thiazole rings is 1. The summed E-state index contributed by atoms with van der Waals surface area (Å²) in [5.41, 5.74) is 3.05. The third kappa shape index (κ3) is 3.60. The highest BCUT2D eigenvalue weighted by molar-refractivity contribution is 7.14. The number of benzene rings is 2. The van der Waals surface area contributed by atoms with Crippen LogP contribution in [0.5, 0.6) is 17.2 Å². The molecule has 1 aliphatic rings. The maximum atomic E-state index is 5.77. The van der Waals surface area contributed by atoms with Crippen molar-refractivity contribution >= 4 is 16.5 Å². The summed E-state index contributed by atoms with van der Waals surface area (Å²) in [5, 5.41) is 6.29. The highest BCUT2D eigenvalue weighted by atomic mass is 32.1. The predicted octanol–water partition coefficient (Wildman–Crippen LogP) is 4.59. The van der Waals surface area contributed by atoms with Gasteiger partial charge in [-0.15, -0.1) is 11.3 Å². The Hall–Kier alpha value is -2.73. The number of hydrogen-bond acceptors (Lipinski definition) is 6. The van der Waals surface area contributed by atoms with Crippen molar-refractivity contribution in [2.24, 2.45) is 0 Å². The average molecular weight is 368 g/mol. The first-order valence-corrected chi connectivity index (χ1v) is 9.43. The number of aromatic nitrogens is 1. The SMILES string of the molecule is COc1ccccc1CNc1nc(-c2ccc3c(c2)OCCCO3)cs1. The summed E-state index contributed by atoms with van der Waals surface area (Å²) in [6.07, 6.45) is 0.901. The lowest BCUT2D eigenvalue weighted by atomic mass is 10.1. The second kappa shape index (κ2) is 7.66. The van der Waals surface area contributed by atoms with E-state index in [1.54, 1.807) is 18.4 Å². The fraction of sp³-hybridized carbons (Fsp3) is 0.250. The average Bonchev–Trinajstić information content (AvgIpc) is 3.03. The second-order valence-electron chi connectivity index (χ2n) is 5.92. The number of fused-ring (bicyclic) bond motifs is 1. The smallest absolute Gasteiger partial charge is 0.183 e. The Kier molecular flexibility index (Phi) is 4.93. The van der Waals surface area contributed by atoms with Crippen LogP contribution in [0.2, 0.25) is 0 Å². The molecule has 0 atom stereocenters. The molecule has 1 aromatic heterocycles. The van der Waals surface area contributed by atoms with E-state index in [1.165, 1.54) is 0 Å². The molecular formula is C20H20N2O3S. The summed E-state index contributed by atoms with van der Waals surface area (Å²) in [6.45, 7) is 2.04. The molecule has 0 fully saturated rings. The Labute approximate surface area is 156 Å². The number of nitrogens with zero attached hydrogens (tertiary/aromatic N) is 1. The number of ether oxygens (including phenoxy) is 3. The highest BCUT2D eigenvalue weighted by Gasteiger charge is 2.13. The van der Waals surface area contributed by atoms with Gasteiger partial charge in [-0.05, 0) is 24.3 Å². The molecule has 2 heterocycles. The van der Waals surface area contributed by atoms with Crippen molar-refractivity contribution in [3.8, 4) is 28.5 Å². The van der Waals surface area contributed by atoms with Crippen LogP contribution in [0.25, 0.3) is 11.3 Å². The van der Waals surface area contributed by atoms with Crippen LogP contribution in [0.3, 0.4) is 0 Å². The van der Waals surface area contributed by atoms with E-state index in [0.717, 1.165) is 45.6 Å². The van der Waals surface area contributed by atoms with Gasteiger partial charge in [0.25, 0.3) is 0 Å². The van der Waals surface area contributed by atoms with E-state index in [9.17, 15) is 0 Å². The van der Waals surface area contributed by atoms with Crippen molar-refractivity contribution in [3.63, 3.8) is 0 Å². The monoisotopic (exact) mass is 368 g/mol. The standard InChI is InChI=1S/C20H20N2O3S/c1-23-17-6-3-2-5-15(17)12-21-20-22-16(13-26-20)14-7-8-18-19(11-14)25-10-4-9-24-18/h2-3,5-8,11,13H,4,9-10,12H2,1H3,(H,21,22). The molecule has 0 spiro atoms. The van der Waals surface area contributed by atoms with Crippen LogP contribution in [0.15, 0.2) is 47.8 Å². The lowest BCUT2D eigenvalue weighted by Crippen LogP contribution is -2.01. The predicted molar refractivity (Wildman–Crippen MR) is 103 cm³/mol. The lowest BCUT2D eigenvalue weighted by Gasteiger charge is -2.09. The molecule has 0 bridgehead atoms. The Morgan fingerprint density at radius 3 is 2.85 bits per heavy atom. The molecule has 3 aromatic rings. The molecule has 5 nitrogen and oxygen atoms in total. The summed E-state index contributed by atoms with van der Waals surface area (Å²) >= 11 is 1.58. The van der Waals surface area contributed by atoms with Crippen LogP contribution >= 0.6 is 11.3 Å². The van der Waals surface area contributed by atoms with Crippen molar-refractivity contribution < 1.29 is 14.2 Å². The first-order valence-electron chi connectivity index (χ1n) is 8.55. The zero-order chi connectivity index (χ0) is 17.8. The maximum Gasteiger partial charge on any atom is 0.183 e. The van der Waals surface area contributed by atoms with Crippen LogP contribution in [0, 0.1) is 0 Å². The molecule has 1 aliphatic heterocycles. The van der Waals surface area contributed by atoms with Crippen LogP contribution in [0.1, 0.15) is 12.0 Å². The van der Waals surface area contributed by atoms with Crippen molar-refractivity contribution in [1.82, 2.24) is 4.98 Å². The Morgan fingerprint density at radius 1 is 1.12 bits per heavy atom. The third-order valence-electron chi connectivity index (χ3n) is 4.17. The van der Waals surface area contributed by atoms with Crippen LogP contribution in [-0.4, -0.2) is 25.3 Å². The zero-order valence-corrected chi connectivity index (χ0v) is 15.3. The summed E-state index contributed by atoms with van der Waals surface area (Å²) in [5.74, 6) is 2.47. The normalized spacial score (nSPS) is 13.1. The van der Waals surface area contributed by atoms with E-state index >= 15 is 0 Å². The highest BCUT2D eigenvalue weighted by Crippen LogP contribution is 2.35. The molecule has 0 unspecified atom stereocenters. The zero-order valence-electron chi connectivity index (χ0n) is 14.5. The summed E-state index contributed by atoms with van der Waals surface area (Å²) < 4.78 is 16.8. The number of nitrogens with one attached hydrogen (secondary N) is 1. The van der Waals surface area contributed by atoms with Gasteiger partial charge < -0.3 is 19.5 Å². The van der Waals surface area contributed by atoms with Gasteiger partial charge in [-0.1, -0.05) is 18.2 Å². The fourth-order valence-electron chi connectivity index (χ4n) is 2.83. The Morgan fingerprint density at radius 2 is 1.96 bits per heavy atom. The number of anilines is 1. The van der Waals surface area contributed by atoms with Crippen LogP contribution in [-0.2, 0) is 6.54 Å². The number of hydrogen-bond donors (Lipinski definition) is 1. The minimum Gasteiger partial charge on any atom is -0.496 e. The molecule has 26 heavy (non-hydrogen) atoms. The largest absolute Gasteiger partial charge is 0.496 e. The molecule has 0 amide bonds. The van der Waals surface area contributed by atoms with Gasteiger partial charge >= 0.3 is 0 Å². The van der Waals surface area contributed by atoms with E-state index in [-0.39, 0.29) is 0 Å². The first-order chi connectivity index (χ1) is 12.8. The molecule has 0 saturated heterocycles. The van der Waals surface area contributed by atoms with Gasteiger partial charge in [0, 0.05) is 29.5 Å². The lowest BCUT2D eigenvalue weighted by molar-refractivity contribution is 0.297. The molecule has 4 rings (SSSR count). The van der Waals surface area contributed by atoms with Crippen molar-refractivity contribution in [2.75, 3.05) is 25.6 Å². The van der Waals surface area contributed by atoms with Crippen molar-refractivity contribution in [2.45, 2.75) is 13.0 Å². The molecule has 0 saturated carbocycles. The van der Waals surface area contributed by atoms with Gasteiger partial charge in [0.15, 0.2) is 16.6 Å². The molecule has 0 radical (unpaired) electrons. The Balaban J connectivity index is 1.49. The molecule has 2 aromatic carbocycles. The maximum absolute atomic E-state index is 5.77.